The Labute approximate surface area is 128 Å². The molecule has 98 valence electrons. The van der Waals surface area contributed by atoms with Crippen LogP contribution in [0.2, 0.25) is 20.1 Å². The first-order valence-electron chi connectivity index (χ1n) is 5.04. The Morgan fingerprint density at radius 2 is 1.47 bits per heavy atom. The molecule has 2 aromatic rings. The van der Waals surface area contributed by atoms with Gasteiger partial charge in [0.05, 0.1) is 20.6 Å². The monoisotopic (exact) mass is 336 g/mol. The molecule has 6 heteroatoms. The normalized spacial score (nSPS) is 10.6. The fraction of sp³-hybridized carbons (Fsp3) is 0. The Hall–Kier alpha value is -0.800. The van der Waals surface area contributed by atoms with E-state index in [1.165, 1.54) is 24.3 Å². The van der Waals surface area contributed by atoms with Gasteiger partial charge in [0.1, 0.15) is 5.82 Å². The molecule has 0 saturated carbocycles. The number of benzene rings is 2. The molecule has 0 saturated heterocycles. The smallest absolute Gasteiger partial charge is 0.196 e. The summed E-state index contributed by atoms with van der Waals surface area (Å²) in [6.45, 7) is 0. The SMILES string of the molecule is O=C(c1ccc(Cl)c(F)c1)c1c(Cl)cc(Cl)cc1Cl. The van der Waals surface area contributed by atoms with Gasteiger partial charge in [0.2, 0.25) is 0 Å². The van der Waals surface area contributed by atoms with Gasteiger partial charge >= 0.3 is 0 Å². The van der Waals surface area contributed by atoms with Crippen molar-refractivity contribution in [3.63, 3.8) is 0 Å². The van der Waals surface area contributed by atoms with Gasteiger partial charge in [0.15, 0.2) is 5.78 Å². The lowest BCUT2D eigenvalue weighted by molar-refractivity contribution is 0.103. The van der Waals surface area contributed by atoms with Crippen LogP contribution in [0.4, 0.5) is 4.39 Å². The average molecular weight is 338 g/mol. The quantitative estimate of drug-likeness (QED) is 0.645. The topological polar surface area (TPSA) is 17.1 Å². The van der Waals surface area contributed by atoms with Crippen LogP contribution in [0.3, 0.4) is 0 Å². The van der Waals surface area contributed by atoms with Gasteiger partial charge in [-0.05, 0) is 30.3 Å². The van der Waals surface area contributed by atoms with Crippen LogP contribution in [0.1, 0.15) is 15.9 Å². The molecule has 0 spiro atoms. The first-order chi connectivity index (χ1) is 8.90. The molecule has 1 nitrogen and oxygen atoms in total. The molecule has 0 bridgehead atoms. The van der Waals surface area contributed by atoms with E-state index >= 15 is 0 Å². The van der Waals surface area contributed by atoms with Crippen molar-refractivity contribution in [2.75, 3.05) is 0 Å². The van der Waals surface area contributed by atoms with Crippen molar-refractivity contribution in [1.82, 2.24) is 0 Å². The Morgan fingerprint density at radius 1 is 0.895 bits per heavy atom. The van der Waals surface area contributed by atoms with Crippen molar-refractivity contribution in [3.05, 3.63) is 67.4 Å². The minimum Gasteiger partial charge on any atom is -0.288 e. The maximum Gasteiger partial charge on any atom is 0.196 e. The molecule has 0 atom stereocenters. The van der Waals surface area contributed by atoms with Crippen molar-refractivity contribution in [1.29, 1.82) is 0 Å². The maximum absolute atomic E-state index is 13.3. The molecule has 0 fully saturated rings. The average Bonchev–Trinajstić information content (AvgIpc) is 2.31. The molecule has 19 heavy (non-hydrogen) atoms. The van der Waals surface area contributed by atoms with Gasteiger partial charge in [0.25, 0.3) is 0 Å². The summed E-state index contributed by atoms with van der Waals surface area (Å²) in [7, 11) is 0. The van der Waals surface area contributed by atoms with Crippen LogP contribution in [0.15, 0.2) is 30.3 Å². The van der Waals surface area contributed by atoms with Crippen LogP contribution in [-0.4, -0.2) is 5.78 Å². The van der Waals surface area contributed by atoms with Crippen LogP contribution in [0.5, 0.6) is 0 Å². The zero-order valence-corrected chi connectivity index (χ0v) is 12.2. The fourth-order valence-electron chi connectivity index (χ4n) is 1.54. The summed E-state index contributed by atoms with van der Waals surface area (Å²) in [6.07, 6.45) is 0. The van der Waals surface area contributed by atoms with Gasteiger partial charge in [-0.15, -0.1) is 0 Å². The van der Waals surface area contributed by atoms with Gasteiger partial charge in [-0.1, -0.05) is 46.4 Å². The molecule has 0 aliphatic rings. The van der Waals surface area contributed by atoms with E-state index in [2.05, 4.69) is 0 Å². The predicted molar refractivity (Wildman–Crippen MR) is 76.3 cm³/mol. The molecule has 2 rings (SSSR count). The Balaban J connectivity index is 2.53. The number of carbonyl (C=O) groups is 1. The van der Waals surface area contributed by atoms with E-state index in [9.17, 15) is 9.18 Å². The summed E-state index contributed by atoms with van der Waals surface area (Å²) in [5.41, 5.74) is 0.183. The third kappa shape index (κ3) is 3.03. The number of ketones is 1. The van der Waals surface area contributed by atoms with E-state index in [0.29, 0.717) is 5.02 Å². The summed E-state index contributed by atoms with van der Waals surface area (Å²) in [6, 6.07) is 6.52. The molecule has 0 amide bonds. The third-order valence-electron chi connectivity index (χ3n) is 2.42. The first-order valence-corrected chi connectivity index (χ1v) is 6.55. The highest BCUT2D eigenvalue weighted by Crippen LogP contribution is 2.31. The van der Waals surface area contributed by atoms with E-state index in [0.717, 1.165) is 6.07 Å². The number of rotatable bonds is 2. The molecule has 0 N–H and O–H groups in total. The van der Waals surface area contributed by atoms with Crippen molar-refractivity contribution in [3.8, 4) is 0 Å². The number of halogens is 5. The lowest BCUT2D eigenvalue weighted by Crippen LogP contribution is -2.04. The molecule has 0 heterocycles. The van der Waals surface area contributed by atoms with Crippen LogP contribution in [0, 0.1) is 5.82 Å². The summed E-state index contributed by atoms with van der Waals surface area (Å²) in [5, 5.41) is 0.467. The van der Waals surface area contributed by atoms with E-state index < -0.39 is 11.6 Å². The summed E-state index contributed by atoms with van der Waals surface area (Å²) in [5.74, 6) is -1.18. The molecule has 0 radical (unpaired) electrons. The largest absolute Gasteiger partial charge is 0.288 e. The van der Waals surface area contributed by atoms with Gasteiger partial charge in [0, 0.05) is 10.6 Å². The highest BCUT2D eigenvalue weighted by atomic mass is 35.5. The van der Waals surface area contributed by atoms with Gasteiger partial charge < -0.3 is 0 Å². The Kier molecular flexibility index (Phi) is 4.36. The van der Waals surface area contributed by atoms with Crippen molar-refractivity contribution in [2.45, 2.75) is 0 Å². The van der Waals surface area contributed by atoms with Gasteiger partial charge in [-0.2, -0.15) is 0 Å². The van der Waals surface area contributed by atoms with Crippen LogP contribution in [0.25, 0.3) is 0 Å². The van der Waals surface area contributed by atoms with Gasteiger partial charge in [-0.25, -0.2) is 4.39 Å². The van der Waals surface area contributed by atoms with Crippen molar-refractivity contribution < 1.29 is 9.18 Å². The second-order valence-electron chi connectivity index (χ2n) is 3.70. The second kappa shape index (κ2) is 5.68. The summed E-state index contributed by atoms with van der Waals surface area (Å²) < 4.78 is 13.3. The number of hydrogen-bond acceptors (Lipinski definition) is 1. The number of hydrogen-bond donors (Lipinski definition) is 0. The molecule has 0 aromatic heterocycles. The van der Waals surface area contributed by atoms with Crippen LogP contribution < -0.4 is 0 Å². The highest BCUT2D eigenvalue weighted by molar-refractivity contribution is 6.43. The van der Waals surface area contributed by atoms with E-state index in [1.807, 2.05) is 0 Å². The van der Waals surface area contributed by atoms with E-state index in [4.69, 9.17) is 46.4 Å². The van der Waals surface area contributed by atoms with Crippen LogP contribution >= 0.6 is 46.4 Å². The highest BCUT2D eigenvalue weighted by Gasteiger charge is 2.18. The zero-order chi connectivity index (χ0) is 14.2. The molecule has 0 aliphatic carbocycles. The molecule has 0 aliphatic heterocycles. The Bertz CT molecular complexity index is 647. The second-order valence-corrected chi connectivity index (χ2v) is 5.36. The predicted octanol–water partition coefficient (Wildman–Crippen LogP) is 5.67. The van der Waals surface area contributed by atoms with Gasteiger partial charge in [-0.3, -0.25) is 4.79 Å². The fourth-order valence-corrected chi connectivity index (χ4v) is 2.65. The van der Waals surface area contributed by atoms with E-state index in [1.54, 1.807) is 0 Å². The third-order valence-corrected chi connectivity index (χ3v) is 3.54. The molecular formula is C13H5Cl4FO. The van der Waals surface area contributed by atoms with Crippen LogP contribution in [-0.2, 0) is 0 Å². The maximum atomic E-state index is 13.3. The molecule has 2 aromatic carbocycles. The lowest BCUT2D eigenvalue weighted by atomic mass is 10.0. The summed E-state index contributed by atoms with van der Waals surface area (Å²) in [4.78, 5) is 12.2. The molecule has 0 unspecified atom stereocenters. The van der Waals surface area contributed by atoms with E-state index in [-0.39, 0.29) is 26.2 Å². The minimum absolute atomic E-state index is 0.0650. The lowest BCUT2D eigenvalue weighted by Gasteiger charge is -2.07. The summed E-state index contributed by atoms with van der Waals surface area (Å²) >= 11 is 23.2. The minimum atomic E-state index is -0.686. The standard InChI is InChI=1S/C13H5Cl4FO/c14-7-4-9(16)12(10(17)5-7)13(19)6-1-2-8(15)11(18)3-6/h1-5H. The zero-order valence-electron chi connectivity index (χ0n) is 9.18. The Morgan fingerprint density at radius 3 is 2.00 bits per heavy atom. The van der Waals surface area contributed by atoms with Crippen molar-refractivity contribution in [2.24, 2.45) is 0 Å². The first kappa shape index (κ1) is 14.6. The number of carbonyl (C=O) groups excluding carboxylic acids is 1. The molecular weight excluding hydrogens is 333 g/mol. The van der Waals surface area contributed by atoms with Crippen molar-refractivity contribution >= 4 is 52.2 Å².